The van der Waals surface area contributed by atoms with Crippen molar-refractivity contribution in [3.63, 3.8) is 0 Å². The molecule has 14 heavy (non-hydrogen) atoms. The molecule has 0 N–H and O–H groups in total. The zero-order chi connectivity index (χ0) is 10.1. The van der Waals surface area contributed by atoms with Crippen molar-refractivity contribution in [2.75, 3.05) is 0 Å². The van der Waals surface area contributed by atoms with Crippen LogP contribution in [-0.2, 0) is 4.79 Å². The average molecular weight is 183 g/mol. The maximum Gasteiger partial charge on any atom is 0.223 e. The first-order valence-electron chi connectivity index (χ1n) is 4.43. The van der Waals surface area contributed by atoms with Crippen LogP contribution in [0.15, 0.2) is 24.3 Å². The van der Waals surface area contributed by atoms with E-state index in [1.54, 1.807) is 6.08 Å². The van der Waals surface area contributed by atoms with Gasteiger partial charge in [-0.1, -0.05) is 30.8 Å². The van der Waals surface area contributed by atoms with E-state index < -0.39 is 0 Å². The molecule has 2 rings (SSSR count). The molecule has 2 aromatic rings. The number of fused-ring (bicyclic) bond motifs is 1. The van der Waals surface area contributed by atoms with Gasteiger partial charge in [0.2, 0.25) is 7.98 Å². The molecule has 0 amide bonds. The van der Waals surface area contributed by atoms with Crippen molar-refractivity contribution in [3.05, 3.63) is 35.0 Å². The van der Waals surface area contributed by atoms with Crippen LogP contribution < -0.4 is 10.7 Å². The second-order valence-corrected chi connectivity index (χ2v) is 3.24. The van der Waals surface area contributed by atoms with E-state index in [1.807, 2.05) is 36.7 Å². The topological polar surface area (TPSA) is 22.0 Å². The van der Waals surface area contributed by atoms with Gasteiger partial charge in [0, 0.05) is 27.5 Å². The van der Waals surface area contributed by atoms with E-state index in [0.717, 1.165) is 27.8 Å². The van der Waals surface area contributed by atoms with Gasteiger partial charge in [-0.2, -0.15) is 0 Å². The molecule has 1 heterocycles. The SMILES string of the molecule is Bn1c(=C)c2ccccc2/c1=C/C=O. The number of aromatic nitrogens is 1. The summed E-state index contributed by atoms with van der Waals surface area (Å²) in [5.41, 5.74) is 0. The smallest absolute Gasteiger partial charge is 0.223 e. The molecule has 2 nitrogen and oxygen atoms in total. The third-order valence-electron chi connectivity index (χ3n) is 2.51. The van der Waals surface area contributed by atoms with E-state index in [2.05, 4.69) is 6.58 Å². The van der Waals surface area contributed by atoms with Crippen molar-refractivity contribution in [3.8, 4) is 0 Å². The van der Waals surface area contributed by atoms with E-state index in [-0.39, 0.29) is 0 Å². The summed E-state index contributed by atoms with van der Waals surface area (Å²) in [6, 6.07) is 7.95. The van der Waals surface area contributed by atoms with Gasteiger partial charge in [0.05, 0.1) is 0 Å². The van der Waals surface area contributed by atoms with Gasteiger partial charge in [-0.3, -0.25) is 4.79 Å². The van der Waals surface area contributed by atoms with Crippen molar-refractivity contribution in [2.24, 2.45) is 0 Å². The summed E-state index contributed by atoms with van der Waals surface area (Å²) in [5.74, 6) is 0. The van der Waals surface area contributed by atoms with Crippen molar-refractivity contribution in [1.29, 1.82) is 0 Å². The molecule has 0 aliphatic rings. The van der Waals surface area contributed by atoms with Crippen LogP contribution in [0.1, 0.15) is 0 Å². The van der Waals surface area contributed by atoms with Crippen molar-refractivity contribution < 1.29 is 4.79 Å². The van der Waals surface area contributed by atoms with Crippen LogP contribution in [0.3, 0.4) is 0 Å². The highest BCUT2D eigenvalue weighted by molar-refractivity contribution is 6.09. The van der Waals surface area contributed by atoms with Crippen molar-refractivity contribution in [2.45, 2.75) is 0 Å². The second-order valence-electron chi connectivity index (χ2n) is 3.24. The van der Waals surface area contributed by atoms with Crippen molar-refractivity contribution >= 4 is 37.7 Å². The predicted molar refractivity (Wildman–Crippen MR) is 61.2 cm³/mol. The fourth-order valence-corrected chi connectivity index (χ4v) is 1.73. The fraction of sp³-hybridized carbons (Fsp3) is 0. The van der Waals surface area contributed by atoms with Crippen LogP contribution in [0, 0.1) is 0 Å². The van der Waals surface area contributed by atoms with E-state index in [1.165, 1.54) is 0 Å². The van der Waals surface area contributed by atoms with Crippen LogP contribution >= 0.6 is 0 Å². The molecule has 0 atom stereocenters. The van der Waals surface area contributed by atoms with Gasteiger partial charge >= 0.3 is 0 Å². The Kier molecular flexibility index (Phi) is 2.00. The number of carbonyl (C=O) groups excluding carboxylic acids is 1. The van der Waals surface area contributed by atoms with E-state index in [4.69, 9.17) is 0 Å². The number of rotatable bonds is 1. The molecular weight excluding hydrogens is 173 g/mol. The third kappa shape index (κ3) is 1.09. The Morgan fingerprint density at radius 1 is 1.29 bits per heavy atom. The molecule has 0 fully saturated rings. The molecular formula is C11H10BNO. The fourth-order valence-electron chi connectivity index (χ4n) is 1.73. The normalized spacial score (nSPS) is 12.1. The summed E-state index contributed by atoms with van der Waals surface area (Å²) in [4.78, 5) is 10.5. The van der Waals surface area contributed by atoms with Crippen LogP contribution in [-0.4, -0.2) is 18.7 Å². The van der Waals surface area contributed by atoms with E-state index in [0.29, 0.717) is 0 Å². The summed E-state index contributed by atoms with van der Waals surface area (Å²) >= 11 is 0. The maximum atomic E-state index is 10.5. The minimum Gasteiger partial charge on any atom is -0.393 e. The second kappa shape index (κ2) is 3.18. The first-order valence-corrected chi connectivity index (χ1v) is 4.43. The van der Waals surface area contributed by atoms with Crippen LogP contribution in [0.5, 0.6) is 0 Å². The molecule has 0 radical (unpaired) electrons. The minimum atomic E-state index is 0.807. The summed E-state index contributed by atoms with van der Waals surface area (Å²) < 4.78 is 1.93. The third-order valence-corrected chi connectivity index (χ3v) is 2.51. The number of hydrogen-bond acceptors (Lipinski definition) is 1. The highest BCUT2D eigenvalue weighted by Crippen LogP contribution is 2.03. The minimum absolute atomic E-state index is 0.807. The Bertz CT molecular complexity index is 598. The van der Waals surface area contributed by atoms with Gasteiger partial charge in [-0.15, -0.1) is 0 Å². The van der Waals surface area contributed by atoms with E-state index >= 15 is 0 Å². The van der Waals surface area contributed by atoms with E-state index in [9.17, 15) is 4.79 Å². The summed E-state index contributed by atoms with van der Waals surface area (Å²) in [6.45, 7) is 3.98. The van der Waals surface area contributed by atoms with Gasteiger partial charge in [0.1, 0.15) is 6.29 Å². The quantitative estimate of drug-likeness (QED) is 0.428. The van der Waals surface area contributed by atoms with Gasteiger partial charge in [-0.05, 0) is 0 Å². The summed E-state index contributed by atoms with van der Waals surface area (Å²) in [5, 5.41) is 4.03. The number of benzene rings is 1. The highest BCUT2D eigenvalue weighted by Gasteiger charge is 2.00. The highest BCUT2D eigenvalue weighted by atomic mass is 16.1. The molecule has 0 saturated carbocycles. The molecule has 0 aliphatic carbocycles. The molecule has 3 heteroatoms. The molecule has 0 spiro atoms. The first-order chi connectivity index (χ1) is 6.75. The number of aldehydes is 1. The maximum absolute atomic E-state index is 10.5. The van der Waals surface area contributed by atoms with Gasteiger partial charge in [-0.25, -0.2) is 0 Å². The average Bonchev–Trinajstić information content (AvgIpc) is 2.45. The lowest BCUT2D eigenvalue weighted by molar-refractivity contribution is -0.103. The molecule has 0 unspecified atom stereocenters. The Hall–Kier alpha value is -1.77. The molecule has 68 valence electrons. The first kappa shape index (κ1) is 8.82. The van der Waals surface area contributed by atoms with Crippen molar-refractivity contribution in [1.82, 2.24) is 4.48 Å². The largest absolute Gasteiger partial charge is 0.393 e. The molecule has 1 aromatic carbocycles. The van der Waals surface area contributed by atoms with Gasteiger partial charge < -0.3 is 4.48 Å². The molecule has 0 saturated heterocycles. The number of carbonyl (C=O) groups is 1. The zero-order valence-corrected chi connectivity index (χ0v) is 8.03. The molecule has 1 aromatic heterocycles. The summed E-state index contributed by atoms with van der Waals surface area (Å²) in [6.07, 6.45) is 2.37. The van der Waals surface area contributed by atoms with Gasteiger partial charge in [0.15, 0.2) is 0 Å². The van der Waals surface area contributed by atoms with Gasteiger partial charge in [0.25, 0.3) is 0 Å². The van der Waals surface area contributed by atoms with Crippen LogP contribution in [0.4, 0.5) is 0 Å². The van der Waals surface area contributed by atoms with Crippen LogP contribution in [0.2, 0.25) is 0 Å². The zero-order valence-electron chi connectivity index (χ0n) is 8.03. The predicted octanol–water partition coefficient (Wildman–Crippen LogP) is -0.573. The Morgan fingerprint density at radius 3 is 2.57 bits per heavy atom. The molecule has 0 aliphatic heterocycles. The summed E-state index contributed by atoms with van der Waals surface area (Å²) in [7, 11) is 1.91. The number of nitrogens with zero attached hydrogens (tertiary/aromatic N) is 1. The number of hydrogen-bond donors (Lipinski definition) is 0. The lowest BCUT2D eigenvalue weighted by Crippen LogP contribution is -2.24. The Morgan fingerprint density at radius 2 is 1.93 bits per heavy atom. The Balaban J connectivity index is 3.11. The standard InChI is InChI=1S/C11H10BNO/c1-8-9-4-2-3-5-10(9)11(6-7-14)13(8)12/h2-7H,1,12H2/b11-6-. The monoisotopic (exact) mass is 183 g/mol. The lowest BCUT2D eigenvalue weighted by Gasteiger charge is -1.89. The van der Waals surface area contributed by atoms with Crippen LogP contribution in [0.25, 0.3) is 23.4 Å². The molecule has 0 bridgehead atoms. The Labute approximate surface area is 82.6 Å². The lowest BCUT2D eigenvalue weighted by atomic mass is 10.2.